The minimum Gasteiger partial charge on any atom is -0.469 e. The van der Waals surface area contributed by atoms with Crippen molar-refractivity contribution in [1.82, 2.24) is 0 Å². The maximum atomic E-state index is 11.7. The number of unbranched alkanes of at least 4 members (excludes halogenated alkanes) is 4. The molecule has 2 atom stereocenters. The minimum absolute atomic E-state index is 0.00512. The van der Waals surface area contributed by atoms with Crippen LogP contribution in [0.3, 0.4) is 0 Å². The van der Waals surface area contributed by atoms with Gasteiger partial charge in [0.25, 0.3) is 0 Å². The van der Waals surface area contributed by atoms with E-state index in [0.29, 0.717) is 12.8 Å². The molecule has 0 saturated carbocycles. The average Bonchev–Trinajstić information content (AvgIpc) is 2.43. The first kappa shape index (κ1) is 18.6. The molecule has 0 aromatic carbocycles. The molecule has 0 aliphatic heterocycles. The van der Waals surface area contributed by atoms with E-state index in [-0.39, 0.29) is 18.3 Å². The molecule has 0 aliphatic carbocycles. The lowest BCUT2D eigenvalue weighted by Crippen LogP contribution is -2.33. The van der Waals surface area contributed by atoms with Crippen molar-refractivity contribution in [2.45, 2.75) is 45.4 Å². The Balaban J connectivity index is 4.35. The third-order valence-electron chi connectivity index (χ3n) is 3.41. The monoisotopic (exact) mass is 283 g/mol. The Morgan fingerprint density at radius 2 is 1.75 bits per heavy atom. The third-order valence-corrected chi connectivity index (χ3v) is 3.41. The second-order valence-electron chi connectivity index (χ2n) is 4.91. The summed E-state index contributed by atoms with van der Waals surface area (Å²) in [6, 6.07) is 2.11. The molecule has 0 heterocycles. The van der Waals surface area contributed by atoms with E-state index in [2.05, 4.69) is 6.07 Å². The van der Waals surface area contributed by atoms with E-state index in [1.807, 2.05) is 0 Å². The van der Waals surface area contributed by atoms with E-state index < -0.39 is 11.9 Å². The van der Waals surface area contributed by atoms with Crippen molar-refractivity contribution in [3.63, 3.8) is 0 Å². The van der Waals surface area contributed by atoms with Gasteiger partial charge in [-0.05, 0) is 19.8 Å². The SMILES string of the molecule is COCC(C(=O)OC)C(CCCCCCC#N)C(C)=O. The molecular formula is C15H25NO4. The maximum Gasteiger partial charge on any atom is 0.311 e. The van der Waals surface area contributed by atoms with E-state index in [4.69, 9.17) is 14.7 Å². The Morgan fingerprint density at radius 1 is 1.10 bits per heavy atom. The molecule has 0 saturated heterocycles. The zero-order valence-electron chi connectivity index (χ0n) is 12.7. The van der Waals surface area contributed by atoms with Crippen LogP contribution in [-0.4, -0.2) is 32.6 Å². The quantitative estimate of drug-likeness (QED) is 0.430. The molecule has 0 aliphatic rings. The largest absolute Gasteiger partial charge is 0.469 e. The van der Waals surface area contributed by atoms with Crippen LogP contribution in [0.2, 0.25) is 0 Å². The highest BCUT2D eigenvalue weighted by atomic mass is 16.5. The number of ether oxygens (including phenoxy) is 2. The van der Waals surface area contributed by atoms with Crippen LogP contribution in [0.15, 0.2) is 0 Å². The van der Waals surface area contributed by atoms with Crippen LogP contribution in [0.5, 0.6) is 0 Å². The molecule has 0 spiro atoms. The highest BCUT2D eigenvalue weighted by Crippen LogP contribution is 2.22. The first-order valence-corrected chi connectivity index (χ1v) is 7.02. The van der Waals surface area contributed by atoms with Gasteiger partial charge in [0, 0.05) is 19.4 Å². The molecule has 0 amide bonds. The van der Waals surface area contributed by atoms with E-state index in [1.165, 1.54) is 21.1 Å². The molecule has 0 aromatic rings. The van der Waals surface area contributed by atoms with Crippen LogP contribution in [0, 0.1) is 23.2 Å². The van der Waals surface area contributed by atoms with Gasteiger partial charge < -0.3 is 9.47 Å². The number of carbonyl (C=O) groups excluding carboxylic acids is 2. The predicted molar refractivity (Wildman–Crippen MR) is 74.9 cm³/mol. The highest BCUT2D eigenvalue weighted by molar-refractivity contribution is 5.85. The first-order chi connectivity index (χ1) is 9.58. The Kier molecular flexibility index (Phi) is 10.6. The fraction of sp³-hybridized carbons (Fsp3) is 0.800. The molecule has 0 N–H and O–H groups in total. The second kappa shape index (κ2) is 11.4. The molecule has 0 rings (SSSR count). The van der Waals surface area contributed by atoms with Gasteiger partial charge in [0.1, 0.15) is 5.78 Å². The molecule has 0 radical (unpaired) electrons. The average molecular weight is 283 g/mol. The summed E-state index contributed by atoms with van der Waals surface area (Å²) >= 11 is 0. The molecule has 5 heteroatoms. The summed E-state index contributed by atoms with van der Waals surface area (Å²) in [5.41, 5.74) is 0. The van der Waals surface area contributed by atoms with E-state index in [0.717, 1.165) is 25.7 Å². The Bertz CT molecular complexity index is 335. The topological polar surface area (TPSA) is 76.4 Å². The minimum atomic E-state index is -0.526. The van der Waals surface area contributed by atoms with Crippen molar-refractivity contribution in [2.24, 2.45) is 11.8 Å². The zero-order valence-corrected chi connectivity index (χ0v) is 12.7. The number of carbonyl (C=O) groups is 2. The highest BCUT2D eigenvalue weighted by Gasteiger charge is 2.31. The molecule has 5 nitrogen and oxygen atoms in total. The van der Waals surface area contributed by atoms with Gasteiger partial charge in [-0.3, -0.25) is 9.59 Å². The summed E-state index contributed by atoms with van der Waals surface area (Å²) in [5.74, 6) is -1.27. The number of hydrogen-bond acceptors (Lipinski definition) is 5. The van der Waals surface area contributed by atoms with E-state index in [9.17, 15) is 9.59 Å². The normalized spacial score (nSPS) is 13.3. The number of esters is 1. The summed E-state index contributed by atoms with van der Waals surface area (Å²) < 4.78 is 9.78. The number of rotatable bonds is 11. The van der Waals surface area contributed by atoms with Gasteiger partial charge in [-0.15, -0.1) is 0 Å². The van der Waals surface area contributed by atoms with Crippen molar-refractivity contribution < 1.29 is 19.1 Å². The van der Waals surface area contributed by atoms with Crippen molar-refractivity contribution in [2.75, 3.05) is 20.8 Å². The van der Waals surface area contributed by atoms with Crippen molar-refractivity contribution in [3.8, 4) is 6.07 Å². The Morgan fingerprint density at radius 3 is 2.25 bits per heavy atom. The summed E-state index contributed by atoms with van der Waals surface area (Å²) in [7, 11) is 2.83. The number of nitrogens with zero attached hydrogens (tertiary/aromatic N) is 1. The lowest BCUT2D eigenvalue weighted by atomic mass is 9.85. The van der Waals surface area contributed by atoms with Crippen molar-refractivity contribution in [3.05, 3.63) is 0 Å². The van der Waals surface area contributed by atoms with Crippen LogP contribution < -0.4 is 0 Å². The first-order valence-electron chi connectivity index (χ1n) is 7.02. The summed E-state index contributed by atoms with van der Waals surface area (Å²) in [5, 5.41) is 8.44. The number of ketones is 1. The summed E-state index contributed by atoms with van der Waals surface area (Å²) in [6.07, 6.45) is 4.93. The second-order valence-corrected chi connectivity index (χ2v) is 4.91. The molecule has 0 aromatic heterocycles. The molecule has 0 fully saturated rings. The van der Waals surface area contributed by atoms with Crippen LogP contribution in [0.4, 0.5) is 0 Å². The zero-order chi connectivity index (χ0) is 15.4. The Labute approximate surface area is 121 Å². The fourth-order valence-electron chi connectivity index (χ4n) is 2.29. The predicted octanol–water partition coefficient (Wildman–Crippen LogP) is 2.49. The van der Waals surface area contributed by atoms with E-state index in [1.54, 1.807) is 0 Å². The standard InChI is InChI=1S/C15H25NO4/c1-12(17)13(9-7-5-4-6-8-10-16)14(11-19-2)15(18)20-3/h13-14H,4-9,11H2,1-3H3. The van der Waals surface area contributed by atoms with Crippen LogP contribution in [-0.2, 0) is 19.1 Å². The summed E-state index contributed by atoms with van der Waals surface area (Å²) in [4.78, 5) is 23.5. The number of hydrogen-bond donors (Lipinski definition) is 0. The Hall–Kier alpha value is -1.41. The van der Waals surface area contributed by atoms with Gasteiger partial charge >= 0.3 is 5.97 Å². The van der Waals surface area contributed by atoms with Gasteiger partial charge in [0.05, 0.1) is 25.7 Å². The van der Waals surface area contributed by atoms with Crippen LogP contribution >= 0.6 is 0 Å². The third kappa shape index (κ3) is 7.25. The molecular weight excluding hydrogens is 258 g/mol. The molecule has 0 bridgehead atoms. The van der Waals surface area contributed by atoms with Gasteiger partial charge in [-0.1, -0.05) is 19.3 Å². The van der Waals surface area contributed by atoms with Crippen molar-refractivity contribution in [1.29, 1.82) is 5.26 Å². The van der Waals surface area contributed by atoms with Crippen molar-refractivity contribution >= 4 is 11.8 Å². The maximum absolute atomic E-state index is 11.7. The molecule has 114 valence electrons. The summed E-state index contributed by atoms with van der Waals surface area (Å²) in [6.45, 7) is 1.71. The number of methoxy groups -OCH3 is 2. The van der Waals surface area contributed by atoms with Gasteiger partial charge in [-0.25, -0.2) is 0 Å². The lowest BCUT2D eigenvalue weighted by molar-refractivity contribution is -0.152. The smallest absolute Gasteiger partial charge is 0.311 e. The lowest BCUT2D eigenvalue weighted by Gasteiger charge is -2.22. The van der Waals surface area contributed by atoms with Crippen LogP contribution in [0.25, 0.3) is 0 Å². The van der Waals surface area contributed by atoms with Gasteiger partial charge in [-0.2, -0.15) is 5.26 Å². The molecule has 2 unspecified atom stereocenters. The van der Waals surface area contributed by atoms with E-state index >= 15 is 0 Å². The fourth-order valence-corrected chi connectivity index (χ4v) is 2.29. The van der Waals surface area contributed by atoms with Gasteiger partial charge in [0.2, 0.25) is 0 Å². The van der Waals surface area contributed by atoms with Crippen LogP contribution in [0.1, 0.15) is 45.4 Å². The number of nitriles is 1. The molecule has 20 heavy (non-hydrogen) atoms. The van der Waals surface area contributed by atoms with Gasteiger partial charge in [0.15, 0.2) is 0 Å². The number of Topliss-reactive ketones (excluding diaryl/α,β-unsaturated/α-hetero) is 1.